The van der Waals surface area contributed by atoms with Crippen molar-refractivity contribution in [3.63, 3.8) is 0 Å². The summed E-state index contributed by atoms with van der Waals surface area (Å²) < 4.78 is 43.9. The Morgan fingerprint density at radius 2 is 1.61 bits per heavy atom. The Hall–Kier alpha value is -4.65. The second kappa shape index (κ2) is 11.6. The maximum Gasteiger partial charge on any atom is 0.339 e. The van der Waals surface area contributed by atoms with Gasteiger partial charge >= 0.3 is 5.97 Å². The van der Waals surface area contributed by atoms with Crippen LogP contribution in [0.15, 0.2) is 65.6 Å². The highest BCUT2D eigenvalue weighted by molar-refractivity contribution is 7.92. The molecule has 0 radical (unpaired) electrons. The number of para-hydroxylation sites is 2. The van der Waals surface area contributed by atoms with Crippen molar-refractivity contribution in [1.82, 2.24) is 0 Å². The van der Waals surface area contributed by atoms with Crippen molar-refractivity contribution in [3.05, 3.63) is 81.9 Å². The number of nitrogens with zero attached hydrogens (tertiary/aromatic N) is 1. The molecule has 38 heavy (non-hydrogen) atoms. The number of benzene rings is 3. The molecular formula is C25H25N3O9S. The molecule has 3 aromatic carbocycles. The number of anilines is 2. The molecule has 0 aliphatic heterocycles. The number of rotatable bonds is 10. The molecule has 0 saturated carbocycles. The van der Waals surface area contributed by atoms with Crippen molar-refractivity contribution < 1.29 is 37.1 Å². The zero-order valence-corrected chi connectivity index (χ0v) is 21.7. The van der Waals surface area contributed by atoms with Crippen LogP contribution in [0.2, 0.25) is 0 Å². The molecule has 0 bridgehead atoms. The Bertz CT molecular complexity index is 1490. The molecule has 3 rings (SSSR count). The third-order valence-corrected chi connectivity index (χ3v) is 6.76. The maximum absolute atomic E-state index is 13.0. The minimum absolute atomic E-state index is 0.0151. The lowest BCUT2D eigenvalue weighted by Gasteiger charge is -2.16. The van der Waals surface area contributed by atoms with Gasteiger partial charge in [-0.25, -0.2) is 13.2 Å². The van der Waals surface area contributed by atoms with Crippen molar-refractivity contribution in [2.45, 2.75) is 24.8 Å². The van der Waals surface area contributed by atoms with Gasteiger partial charge in [-0.3, -0.25) is 19.6 Å². The molecule has 0 spiro atoms. The van der Waals surface area contributed by atoms with Gasteiger partial charge in [0.15, 0.2) is 6.10 Å². The van der Waals surface area contributed by atoms with Gasteiger partial charge in [0.2, 0.25) is 0 Å². The van der Waals surface area contributed by atoms with E-state index in [0.29, 0.717) is 11.3 Å². The molecule has 0 heterocycles. The van der Waals surface area contributed by atoms with E-state index in [1.54, 1.807) is 25.1 Å². The van der Waals surface area contributed by atoms with Crippen LogP contribution in [0.3, 0.4) is 0 Å². The van der Waals surface area contributed by atoms with Gasteiger partial charge < -0.3 is 19.5 Å². The lowest BCUT2D eigenvalue weighted by Crippen LogP contribution is -2.30. The molecule has 13 heteroatoms. The number of ether oxygens (including phenoxy) is 3. The molecule has 200 valence electrons. The van der Waals surface area contributed by atoms with Crippen molar-refractivity contribution in [3.8, 4) is 11.5 Å². The van der Waals surface area contributed by atoms with Gasteiger partial charge in [0.25, 0.3) is 21.6 Å². The smallest absolute Gasteiger partial charge is 0.339 e. The minimum Gasteiger partial charge on any atom is -0.495 e. The first kappa shape index (κ1) is 27.9. The van der Waals surface area contributed by atoms with Crippen LogP contribution >= 0.6 is 0 Å². The number of carbonyl (C=O) groups excluding carboxylic acids is 2. The average Bonchev–Trinajstić information content (AvgIpc) is 2.88. The number of nitro groups is 1. The molecule has 0 saturated heterocycles. The van der Waals surface area contributed by atoms with E-state index < -0.39 is 32.9 Å². The van der Waals surface area contributed by atoms with Gasteiger partial charge in [-0.05, 0) is 49.7 Å². The average molecular weight is 544 g/mol. The van der Waals surface area contributed by atoms with Crippen LogP contribution in [0.5, 0.6) is 11.5 Å². The fraction of sp³-hybridized carbons (Fsp3) is 0.200. The van der Waals surface area contributed by atoms with E-state index >= 15 is 0 Å². The minimum atomic E-state index is -4.11. The van der Waals surface area contributed by atoms with Crippen LogP contribution in [-0.2, 0) is 19.6 Å². The van der Waals surface area contributed by atoms with Crippen LogP contribution in [0.1, 0.15) is 22.8 Å². The fourth-order valence-corrected chi connectivity index (χ4v) is 4.44. The van der Waals surface area contributed by atoms with Crippen LogP contribution in [0, 0.1) is 17.0 Å². The van der Waals surface area contributed by atoms with Crippen molar-refractivity contribution in [2.75, 3.05) is 24.3 Å². The normalized spacial score (nSPS) is 11.7. The number of hydrogen-bond donors (Lipinski definition) is 2. The summed E-state index contributed by atoms with van der Waals surface area (Å²) in [5.41, 5.74) is 0.295. The summed E-state index contributed by atoms with van der Waals surface area (Å²) in [7, 11) is -1.38. The Labute approximate surface area is 218 Å². The summed E-state index contributed by atoms with van der Waals surface area (Å²) >= 11 is 0. The summed E-state index contributed by atoms with van der Waals surface area (Å²) in [5.74, 6) is -1.25. The van der Waals surface area contributed by atoms with Crippen molar-refractivity contribution in [1.29, 1.82) is 0 Å². The van der Waals surface area contributed by atoms with Crippen LogP contribution < -0.4 is 19.5 Å². The van der Waals surface area contributed by atoms with Crippen LogP contribution in [-0.4, -0.2) is 45.5 Å². The number of esters is 1. The van der Waals surface area contributed by atoms with Gasteiger partial charge in [-0.15, -0.1) is 0 Å². The zero-order valence-electron chi connectivity index (χ0n) is 20.9. The predicted octanol–water partition coefficient (Wildman–Crippen LogP) is 3.91. The van der Waals surface area contributed by atoms with E-state index in [9.17, 15) is 28.1 Å². The first-order valence-corrected chi connectivity index (χ1v) is 12.6. The topological polar surface area (TPSA) is 163 Å². The lowest BCUT2D eigenvalue weighted by molar-refractivity contribution is -0.384. The van der Waals surface area contributed by atoms with E-state index in [4.69, 9.17) is 14.2 Å². The Morgan fingerprint density at radius 3 is 2.26 bits per heavy atom. The van der Waals surface area contributed by atoms with E-state index in [-0.39, 0.29) is 33.3 Å². The summed E-state index contributed by atoms with van der Waals surface area (Å²) in [4.78, 5) is 35.8. The second-order valence-corrected chi connectivity index (χ2v) is 9.64. The number of amides is 1. The number of non-ortho nitro benzene ring substituents is 1. The molecular weight excluding hydrogens is 518 g/mol. The third kappa shape index (κ3) is 6.37. The molecule has 1 unspecified atom stereocenters. The van der Waals surface area contributed by atoms with E-state index in [2.05, 4.69) is 10.0 Å². The van der Waals surface area contributed by atoms with Crippen molar-refractivity contribution >= 4 is 39.0 Å². The molecule has 2 N–H and O–H groups in total. The van der Waals surface area contributed by atoms with Crippen molar-refractivity contribution in [2.24, 2.45) is 0 Å². The molecule has 12 nitrogen and oxygen atoms in total. The van der Waals surface area contributed by atoms with Gasteiger partial charge in [-0.2, -0.15) is 0 Å². The molecule has 0 aliphatic carbocycles. The van der Waals surface area contributed by atoms with E-state index in [1.165, 1.54) is 51.5 Å². The summed E-state index contributed by atoms with van der Waals surface area (Å²) in [6, 6.07) is 14.0. The zero-order chi connectivity index (χ0) is 28.0. The van der Waals surface area contributed by atoms with E-state index in [1.807, 2.05) is 0 Å². The number of aryl methyl sites for hydroxylation is 1. The molecule has 0 aromatic heterocycles. The standard InChI is InChI=1S/C25H25N3O9S/c1-15-9-11-18(38(33,34)27-20-7-5-6-8-22(20)35-3)14-19(15)25(30)37-16(2)24(29)26-21-13-17(28(31)32)10-12-23(21)36-4/h5-14,16,27H,1-4H3,(H,26,29). The Balaban J connectivity index is 1.78. The molecule has 1 amide bonds. The number of nitro benzene ring substituents is 1. The molecule has 3 aromatic rings. The second-order valence-electron chi connectivity index (χ2n) is 7.96. The highest BCUT2D eigenvalue weighted by Crippen LogP contribution is 2.30. The highest BCUT2D eigenvalue weighted by Gasteiger charge is 2.24. The Morgan fingerprint density at radius 1 is 0.947 bits per heavy atom. The van der Waals surface area contributed by atoms with Gasteiger partial charge in [0.1, 0.15) is 11.5 Å². The first-order valence-electron chi connectivity index (χ1n) is 11.1. The highest BCUT2D eigenvalue weighted by atomic mass is 32.2. The van der Waals surface area contributed by atoms with Crippen LogP contribution in [0.4, 0.5) is 17.1 Å². The van der Waals surface area contributed by atoms with Crippen LogP contribution in [0.25, 0.3) is 0 Å². The number of sulfonamides is 1. The first-order chi connectivity index (χ1) is 18.0. The number of carbonyl (C=O) groups is 2. The Kier molecular flexibility index (Phi) is 8.53. The summed E-state index contributed by atoms with van der Waals surface area (Å²) in [6.45, 7) is 2.88. The number of nitrogens with one attached hydrogen (secondary N) is 2. The quantitative estimate of drug-likeness (QED) is 0.219. The molecule has 0 aliphatic rings. The van der Waals surface area contributed by atoms with Gasteiger partial charge in [0.05, 0.1) is 41.0 Å². The largest absolute Gasteiger partial charge is 0.495 e. The SMILES string of the molecule is COc1ccc([N+](=O)[O-])cc1NC(=O)C(C)OC(=O)c1cc(S(=O)(=O)Nc2ccccc2OC)ccc1C. The molecule has 0 fully saturated rings. The number of hydrogen-bond acceptors (Lipinski definition) is 9. The van der Waals surface area contributed by atoms with Gasteiger partial charge in [-0.1, -0.05) is 18.2 Å². The fourth-order valence-electron chi connectivity index (χ4n) is 3.34. The summed E-state index contributed by atoms with van der Waals surface area (Å²) in [5, 5.41) is 13.5. The monoisotopic (exact) mass is 543 g/mol. The van der Waals surface area contributed by atoms with Gasteiger partial charge in [0, 0.05) is 12.1 Å². The predicted molar refractivity (Wildman–Crippen MR) is 138 cm³/mol. The number of methoxy groups -OCH3 is 2. The summed E-state index contributed by atoms with van der Waals surface area (Å²) in [6.07, 6.45) is -1.34. The third-order valence-electron chi connectivity index (χ3n) is 5.40. The van der Waals surface area contributed by atoms with E-state index in [0.717, 1.165) is 12.1 Å². The maximum atomic E-state index is 13.0. The lowest BCUT2D eigenvalue weighted by atomic mass is 10.1. The molecule has 1 atom stereocenters.